The Morgan fingerprint density at radius 3 is 2.47 bits per heavy atom. The van der Waals surface area contributed by atoms with E-state index < -0.39 is 0 Å². The van der Waals surface area contributed by atoms with Crippen molar-refractivity contribution in [2.45, 2.75) is 4.90 Å². The van der Waals surface area contributed by atoms with Gasteiger partial charge in [-0.2, -0.15) is 0 Å². The number of benzene rings is 2. The third kappa shape index (κ3) is 1.37. The van der Waals surface area contributed by atoms with E-state index in [1.54, 1.807) is 17.8 Å². The summed E-state index contributed by atoms with van der Waals surface area (Å²) in [6.45, 7) is 0. The van der Waals surface area contributed by atoms with Crippen LogP contribution in [0.1, 0.15) is 20.7 Å². The lowest BCUT2D eigenvalue weighted by Crippen LogP contribution is -2.19. The average molecular weight is 243 g/mol. The Hall–Kier alpha value is -1.81. The largest absolute Gasteiger partial charge is 0.288 e. The van der Waals surface area contributed by atoms with Gasteiger partial charge in [-0.3, -0.25) is 14.9 Å². The highest BCUT2D eigenvalue weighted by Crippen LogP contribution is 2.33. The molecule has 1 aliphatic heterocycles. The summed E-state index contributed by atoms with van der Waals surface area (Å²) in [5.41, 5.74) is 0.987. The molecule has 0 unspecified atom stereocenters. The first-order valence-electron chi connectivity index (χ1n) is 5.18. The predicted molar refractivity (Wildman–Crippen MR) is 67.5 cm³/mol. The second-order valence-corrected chi connectivity index (χ2v) is 4.68. The third-order valence-electron chi connectivity index (χ3n) is 2.93. The zero-order valence-corrected chi connectivity index (χ0v) is 9.93. The highest BCUT2D eigenvalue weighted by atomic mass is 32.2. The molecule has 84 valence electrons. The maximum atomic E-state index is 11.8. The lowest BCUT2D eigenvalue weighted by molar-refractivity contribution is 0.0880. The normalized spacial score (nSPS) is 13.9. The quantitative estimate of drug-likeness (QED) is 0.618. The molecular weight excluding hydrogens is 234 g/mol. The minimum absolute atomic E-state index is 0.297. The molecule has 17 heavy (non-hydrogen) atoms. The van der Waals surface area contributed by atoms with Crippen LogP contribution in [0, 0.1) is 0 Å². The van der Waals surface area contributed by atoms with Crippen LogP contribution in [0.15, 0.2) is 35.2 Å². The van der Waals surface area contributed by atoms with E-state index in [1.807, 2.05) is 30.5 Å². The summed E-state index contributed by atoms with van der Waals surface area (Å²) >= 11 is 1.58. The van der Waals surface area contributed by atoms with Crippen molar-refractivity contribution < 1.29 is 9.59 Å². The first kappa shape index (κ1) is 10.4. The molecule has 1 N–H and O–H groups in total. The fourth-order valence-electron chi connectivity index (χ4n) is 2.17. The van der Waals surface area contributed by atoms with Crippen LogP contribution < -0.4 is 5.32 Å². The maximum absolute atomic E-state index is 11.8. The molecule has 0 saturated heterocycles. The van der Waals surface area contributed by atoms with E-state index in [1.165, 1.54) is 0 Å². The number of imide groups is 1. The van der Waals surface area contributed by atoms with Crippen LogP contribution in [0.4, 0.5) is 0 Å². The van der Waals surface area contributed by atoms with E-state index in [0.717, 1.165) is 15.7 Å². The van der Waals surface area contributed by atoms with Gasteiger partial charge in [-0.05, 0) is 23.1 Å². The number of amides is 2. The number of hydrogen-bond donors (Lipinski definition) is 1. The summed E-state index contributed by atoms with van der Waals surface area (Å²) in [5.74, 6) is -0.597. The van der Waals surface area contributed by atoms with Crippen molar-refractivity contribution in [2.24, 2.45) is 0 Å². The number of carbonyl (C=O) groups is 2. The number of carbonyl (C=O) groups excluding carboxylic acids is 2. The van der Waals surface area contributed by atoms with Crippen molar-refractivity contribution in [2.75, 3.05) is 6.26 Å². The van der Waals surface area contributed by atoms with Crippen LogP contribution in [0.2, 0.25) is 0 Å². The molecule has 1 aliphatic rings. The number of hydrogen-bond acceptors (Lipinski definition) is 3. The highest BCUT2D eigenvalue weighted by molar-refractivity contribution is 7.98. The van der Waals surface area contributed by atoms with Crippen LogP contribution in [-0.4, -0.2) is 18.1 Å². The zero-order chi connectivity index (χ0) is 12.0. The average Bonchev–Trinajstić information content (AvgIpc) is 2.64. The number of rotatable bonds is 1. The molecule has 0 aliphatic carbocycles. The van der Waals surface area contributed by atoms with Crippen LogP contribution in [0.3, 0.4) is 0 Å². The van der Waals surface area contributed by atoms with Crippen LogP contribution in [0.25, 0.3) is 10.8 Å². The lowest BCUT2D eigenvalue weighted by atomic mass is 10.0. The first-order valence-corrected chi connectivity index (χ1v) is 6.40. The first-order chi connectivity index (χ1) is 8.22. The van der Waals surface area contributed by atoms with E-state index in [0.29, 0.717) is 11.1 Å². The van der Waals surface area contributed by atoms with Crippen LogP contribution in [-0.2, 0) is 0 Å². The minimum Gasteiger partial charge on any atom is -0.288 e. The summed E-state index contributed by atoms with van der Waals surface area (Å²) < 4.78 is 0. The Balaban J connectivity index is 2.49. The van der Waals surface area contributed by atoms with Crippen LogP contribution in [0.5, 0.6) is 0 Å². The molecule has 0 spiro atoms. The molecule has 0 fully saturated rings. The monoisotopic (exact) mass is 243 g/mol. The number of thioether (sulfide) groups is 1. The van der Waals surface area contributed by atoms with Crippen molar-refractivity contribution in [3.05, 3.63) is 41.5 Å². The van der Waals surface area contributed by atoms with Gasteiger partial charge in [0.1, 0.15) is 0 Å². The van der Waals surface area contributed by atoms with Gasteiger partial charge in [-0.15, -0.1) is 11.8 Å². The van der Waals surface area contributed by atoms with Crippen LogP contribution >= 0.6 is 11.8 Å². The van der Waals surface area contributed by atoms with Crippen molar-refractivity contribution >= 4 is 34.3 Å². The molecule has 2 aromatic rings. The Bertz CT molecular complexity index is 664. The minimum atomic E-state index is -0.300. The zero-order valence-electron chi connectivity index (χ0n) is 9.11. The molecule has 0 atom stereocenters. The van der Waals surface area contributed by atoms with E-state index >= 15 is 0 Å². The third-order valence-corrected chi connectivity index (χ3v) is 3.70. The number of nitrogens with one attached hydrogen (secondary N) is 1. The molecule has 3 nitrogen and oxygen atoms in total. The Kier molecular flexibility index (Phi) is 2.19. The summed E-state index contributed by atoms with van der Waals surface area (Å²) in [6.07, 6.45) is 1.96. The van der Waals surface area contributed by atoms with Gasteiger partial charge in [0.15, 0.2) is 0 Å². The van der Waals surface area contributed by atoms with E-state index in [2.05, 4.69) is 5.32 Å². The second-order valence-electron chi connectivity index (χ2n) is 3.83. The van der Waals surface area contributed by atoms with Gasteiger partial charge in [-0.1, -0.05) is 24.3 Å². The maximum Gasteiger partial charge on any atom is 0.259 e. The fraction of sp³-hybridized carbons (Fsp3) is 0.0769. The Labute approximate surface area is 102 Å². The molecule has 1 heterocycles. The van der Waals surface area contributed by atoms with Crippen molar-refractivity contribution in [1.29, 1.82) is 0 Å². The summed E-state index contributed by atoms with van der Waals surface area (Å²) in [4.78, 5) is 24.4. The molecule has 2 aromatic carbocycles. The fourth-order valence-corrected chi connectivity index (χ4v) is 2.80. The second kappa shape index (κ2) is 3.60. The number of fused-ring (bicyclic) bond motifs is 3. The smallest absolute Gasteiger partial charge is 0.259 e. The molecular formula is C13H9NO2S. The van der Waals surface area contributed by atoms with Crippen molar-refractivity contribution in [1.82, 2.24) is 5.32 Å². The Morgan fingerprint density at radius 1 is 1.06 bits per heavy atom. The van der Waals surface area contributed by atoms with Gasteiger partial charge in [-0.25, -0.2) is 0 Å². The molecule has 0 aromatic heterocycles. The van der Waals surface area contributed by atoms with E-state index in [9.17, 15) is 9.59 Å². The van der Waals surface area contributed by atoms with Gasteiger partial charge in [0.05, 0.1) is 11.1 Å². The van der Waals surface area contributed by atoms with Gasteiger partial charge in [0, 0.05) is 4.90 Å². The van der Waals surface area contributed by atoms with Gasteiger partial charge >= 0.3 is 0 Å². The Morgan fingerprint density at radius 2 is 1.76 bits per heavy atom. The standard InChI is InChI=1S/C13H9NO2S/c1-17-10-6-9-11(13(16)14-12(9)15)8-5-3-2-4-7(8)10/h2-6H,1H3,(H,14,15,16). The molecule has 4 heteroatoms. The molecule has 0 saturated carbocycles. The molecule has 2 amide bonds. The van der Waals surface area contributed by atoms with E-state index in [-0.39, 0.29) is 11.8 Å². The van der Waals surface area contributed by atoms with E-state index in [4.69, 9.17) is 0 Å². The van der Waals surface area contributed by atoms with Gasteiger partial charge < -0.3 is 0 Å². The summed E-state index contributed by atoms with van der Waals surface area (Å²) in [5, 5.41) is 4.20. The van der Waals surface area contributed by atoms with Crippen molar-refractivity contribution in [3.63, 3.8) is 0 Å². The molecule has 0 bridgehead atoms. The molecule has 3 rings (SSSR count). The topological polar surface area (TPSA) is 46.2 Å². The highest BCUT2D eigenvalue weighted by Gasteiger charge is 2.29. The molecule has 0 radical (unpaired) electrons. The summed E-state index contributed by atoms with van der Waals surface area (Å²) in [7, 11) is 0. The lowest BCUT2D eigenvalue weighted by Gasteiger charge is -2.07. The van der Waals surface area contributed by atoms with Gasteiger partial charge in [0.25, 0.3) is 11.8 Å². The summed E-state index contributed by atoms with van der Waals surface area (Å²) in [6, 6.07) is 9.46. The van der Waals surface area contributed by atoms with Crippen molar-refractivity contribution in [3.8, 4) is 0 Å². The van der Waals surface area contributed by atoms with Gasteiger partial charge in [0.2, 0.25) is 0 Å². The predicted octanol–water partition coefficient (Wildman–Crippen LogP) is 2.45. The SMILES string of the molecule is CSc1cc2c(c3ccccc13)C(=O)NC2=O.